The van der Waals surface area contributed by atoms with Crippen LogP contribution in [0.3, 0.4) is 0 Å². The van der Waals surface area contributed by atoms with Gasteiger partial charge in [0.05, 0.1) is 12.3 Å². The summed E-state index contributed by atoms with van der Waals surface area (Å²) < 4.78 is 5.10. The van der Waals surface area contributed by atoms with E-state index in [-0.39, 0.29) is 11.8 Å². The molecule has 4 rings (SSSR count). The Morgan fingerprint density at radius 2 is 1.79 bits per heavy atom. The number of alkyl halides is 2. The van der Waals surface area contributed by atoms with Gasteiger partial charge in [0.2, 0.25) is 5.91 Å². The number of benzene rings is 1. The summed E-state index contributed by atoms with van der Waals surface area (Å²) in [5.41, 5.74) is 0.770. The summed E-state index contributed by atoms with van der Waals surface area (Å²) in [6.45, 7) is 2.53. The van der Waals surface area contributed by atoms with Crippen molar-refractivity contribution in [2.75, 3.05) is 11.9 Å². The van der Waals surface area contributed by atoms with Gasteiger partial charge in [-0.25, -0.2) is 0 Å². The molecule has 0 aromatic heterocycles. The van der Waals surface area contributed by atoms with E-state index in [4.69, 9.17) is 27.9 Å². The molecule has 1 N–H and O–H groups in total. The fraction of sp³-hybridized carbons (Fsp3) is 0.632. The number of hydrogen-bond acceptors (Lipinski definition) is 2. The molecule has 1 aromatic carbocycles. The summed E-state index contributed by atoms with van der Waals surface area (Å²) in [5.74, 6) is 2.87. The molecule has 1 unspecified atom stereocenters. The van der Waals surface area contributed by atoms with Crippen LogP contribution in [0.5, 0.6) is 5.75 Å². The molecular weight excluding hydrogens is 345 g/mol. The molecule has 0 bridgehead atoms. The number of carbonyl (C=O) groups is 1. The number of ether oxygens (including phenoxy) is 1. The quantitative estimate of drug-likeness (QED) is 0.770. The molecule has 130 valence electrons. The fourth-order valence-corrected chi connectivity index (χ4v) is 5.60. The van der Waals surface area contributed by atoms with Gasteiger partial charge < -0.3 is 10.1 Å². The average Bonchev–Trinajstić information content (AvgIpc) is 3.34. The minimum absolute atomic E-state index is 0.135. The molecule has 5 heteroatoms. The number of amides is 1. The highest BCUT2D eigenvalue weighted by Gasteiger charge is 2.65. The highest BCUT2D eigenvalue weighted by atomic mass is 35.5. The molecule has 3 aliphatic carbocycles. The number of para-hydroxylation sites is 2. The fourth-order valence-electron chi connectivity index (χ4n) is 4.68. The van der Waals surface area contributed by atoms with Crippen LogP contribution in [-0.4, -0.2) is 16.8 Å². The lowest BCUT2D eigenvalue weighted by Gasteiger charge is -2.11. The molecule has 3 saturated carbocycles. The SMILES string of the molecule is CCOc1ccccc1NC(=O)C1[C@H]2CC[C@@H]3[C@@H](CC[C@@H]12)C3(Cl)Cl. The Morgan fingerprint density at radius 3 is 2.42 bits per heavy atom. The highest BCUT2D eigenvalue weighted by molar-refractivity contribution is 6.51. The van der Waals surface area contributed by atoms with Gasteiger partial charge in [0, 0.05) is 5.92 Å². The number of fused-ring (bicyclic) bond motifs is 2. The van der Waals surface area contributed by atoms with Gasteiger partial charge in [-0.1, -0.05) is 12.1 Å². The maximum Gasteiger partial charge on any atom is 0.228 e. The smallest absolute Gasteiger partial charge is 0.228 e. The van der Waals surface area contributed by atoms with Crippen LogP contribution < -0.4 is 10.1 Å². The first-order valence-corrected chi connectivity index (χ1v) is 9.70. The monoisotopic (exact) mass is 367 g/mol. The Labute approximate surface area is 153 Å². The van der Waals surface area contributed by atoms with E-state index in [0.717, 1.165) is 37.1 Å². The molecule has 0 heterocycles. The zero-order chi connectivity index (χ0) is 16.9. The van der Waals surface area contributed by atoms with Gasteiger partial charge in [-0.05, 0) is 68.4 Å². The molecule has 1 amide bonds. The van der Waals surface area contributed by atoms with Crippen LogP contribution in [0.2, 0.25) is 0 Å². The van der Waals surface area contributed by atoms with E-state index in [9.17, 15) is 4.79 Å². The number of nitrogens with one attached hydrogen (secondary N) is 1. The molecule has 0 aliphatic heterocycles. The van der Waals surface area contributed by atoms with Crippen LogP contribution in [0.4, 0.5) is 5.69 Å². The van der Waals surface area contributed by atoms with Crippen LogP contribution in [0.1, 0.15) is 32.6 Å². The largest absolute Gasteiger partial charge is 0.492 e. The summed E-state index contributed by atoms with van der Waals surface area (Å²) >= 11 is 12.7. The first-order chi connectivity index (χ1) is 11.5. The third kappa shape index (κ3) is 2.80. The summed E-state index contributed by atoms with van der Waals surface area (Å²) in [4.78, 5) is 12.7. The maximum atomic E-state index is 12.7. The lowest BCUT2D eigenvalue weighted by molar-refractivity contribution is -0.117. The Hall–Kier alpha value is -0.930. The van der Waals surface area contributed by atoms with Crippen LogP contribution in [0.25, 0.3) is 0 Å². The van der Waals surface area contributed by atoms with Gasteiger partial charge in [0.1, 0.15) is 10.1 Å². The third-order valence-electron chi connectivity index (χ3n) is 6.07. The van der Waals surface area contributed by atoms with Crippen molar-refractivity contribution in [2.45, 2.75) is 36.9 Å². The van der Waals surface area contributed by atoms with Crippen LogP contribution in [0, 0.1) is 29.6 Å². The van der Waals surface area contributed by atoms with E-state index in [1.54, 1.807) is 0 Å². The molecule has 1 aromatic rings. The number of hydrogen-bond donors (Lipinski definition) is 1. The molecule has 0 spiro atoms. The second kappa shape index (κ2) is 6.10. The van der Waals surface area contributed by atoms with Crippen molar-refractivity contribution in [1.29, 1.82) is 0 Å². The lowest BCUT2D eigenvalue weighted by atomic mass is 10.0. The van der Waals surface area contributed by atoms with Crippen molar-refractivity contribution in [3.63, 3.8) is 0 Å². The molecule has 3 nitrogen and oxygen atoms in total. The minimum atomic E-state index is -0.495. The predicted octanol–water partition coefficient (Wildman–Crippen LogP) is 4.88. The Bertz CT molecular complexity index is 626. The molecular formula is C19H23Cl2NO2. The zero-order valence-corrected chi connectivity index (χ0v) is 15.3. The number of rotatable bonds is 4. The van der Waals surface area contributed by atoms with Gasteiger partial charge >= 0.3 is 0 Å². The van der Waals surface area contributed by atoms with E-state index >= 15 is 0 Å². The standard InChI is InChI=1S/C19H23Cl2NO2/c1-2-24-16-6-4-3-5-15(16)22-18(23)17-11-7-9-13-14(19(13,20)21)10-8-12(11)17/h3-6,11-14,17H,2,7-10H2,1H3,(H,22,23)/t11-,12+,13-,14-,17?/m1/s1. The molecule has 3 fully saturated rings. The Kier molecular flexibility index (Phi) is 4.20. The summed E-state index contributed by atoms with van der Waals surface area (Å²) in [6, 6.07) is 7.63. The van der Waals surface area contributed by atoms with Crippen molar-refractivity contribution in [1.82, 2.24) is 0 Å². The zero-order valence-electron chi connectivity index (χ0n) is 13.8. The second-order valence-corrected chi connectivity index (χ2v) is 8.76. The van der Waals surface area contributed by atoms with E-state index < -0.39 is 4.33 Å². The van der Waals surface area contributed by atoms with Crippen molar-refractivity contribution in [3.8, 4) is 5.75 Å². The molecule has 0 radical (unpaired) electrons. The van der Waals surface area contributed by atoms with Crippen LogP contribution in [0.15, 0.2) is 24.3 Å². The number of carbonyl (C=O) groups excluding carboxylic acids is 1. The van der Waals surface area contributed by atoms with Crippen LogP contribution >= 0.6 is 23.2 Å². The number of halogens is 2. The maximum absolute atomic E-state index is 12.7. The van der Waals surface area contributed by atoms with E-state index in [2.05, 4.69) is 5.32 Å². The van der Waals surface area contributed by atoms with E-state index in [1.165, 1.54) is 0 Å². The Balaban J connectivity index is 1.39. The van der Waals surface area contributed by atoms with Gasteiger partial charge in [-0.15, -0.1) is 23.2 Å². The summed E-state index contributed by atoms with van der Waals surface area (Å²) in [7, 11) is 0. The normalized spacial score (nSPS) is 35.7. The van der Waals surface area contributed by atoms with Crippen molar-refractivity contribution >= 4 is 34.8 Å². The highest BCUT2D eigenvalue weighted by Crippen LogP contribution is 2.67. The van der Waals surface area contributed by atoms with Gasteiger partial charge in [0.15, 0.2) is 0 Å². The van der Waals surface area contributed by atoms with Gasteiger partial charge in [0.25, 0.3) is 0 Å². The lowest BCUT2D eigenvalue weighted by Crippen LogP contribution is -2.16. The predicted molar refractivity (Wildman–Crippen MR) is 96.6 cm³/mol. The first kappa shape index (κ1) is 16.5. The van der Waals surface area contributed by atoms with E-state index in [1.807, 2.05) is 31.2 Å². The van der Waals surface area contributed by atoms with E-state index in [0.29, 0.717) is 30.3 Å². The first-order valence-electron chi connectivity index (χ1n) is 8.94. The summed E-state index contributed by atoms with van der Waals surface area (Å²) in [5, 5.41) is 3.08. The Morgan fingerprint density at radius 1 is 1.17 bits per heavy atom. The minimum Gasteiger partial charge on any atom is -0.492 e. The second-order valence-electron chi connectivity index (χ2n) is 7.31. The third-order valence-corrected chi connectivity index (χ3v) is 7.19. The van der Waals surface area contributed by atoms with Crippen molar-refractivity contribution in [3.05, 3.63) is 24.3 Å². The van der Waals surface area contributed by atoms with Gasteiger partial charge in [-0.3, -0.25) is 4.79 Å². The molecule has 0 saturated heterocycles. The molecule has 5 atom stereocenters. The average molecular weight is 368 g/mol. The molecule has 24 heavy (non-hydrogen) atoms. The summed E-state index contributed by atoms with van der Waals surface area (Å²) in [6.07, 6.45) is 4.24. The van der Waals surface area contributed by atoms with Crippen molar-refractivity contribution < 1.29 is 9.53 Å². The van der Waals surface area contributed by atoms with Crippen molar-refractivity contribution in [2.24, 2.45) is 29.6 Å². The van der Waals surface area contributed by atoms with Gasteiger partial charge in [-0.2, -0.15) is 0 Å². The number of anilines is 1. The molecule has 3 aliphatic rings. The van der Waals surface area contributed by atoms with Crippen LogP contribution in [-0.2, 0) is 4.79 Å². The topological polar surface area (TPSA) is 38.3 Å².